The summed E-state index contributed by atoms with van der Waals surface area (Å²) in [5.74, 6) is 1.93. The Morgan fingerprint density at radius 2 is 2.24 bits per heavy atom. The average Bonchev–Trinajstić information content (AvgIpc) is 2.85. The first-order valence-electron chi connectivity index (χ1n) is 6.62. The van der Waals surface area contributed by atoms with Crippen molar-refractivity contribution in [3.63, 3.8) is 0 Å². The Bertz CT molecular complexity index is 415. The van der Waals surface area contributed by atoms with Crippen molar-refractivity contribution < 1.29 is 4.74 Å². The lowest BCUT2D eigenvalue weighted by Gasteiger charge is -2.18. The van der Waals surface area contributed by atoms with Crippen molar-refractivity contribution >= 4 is 15.9 Å². The normalized spacial score (nSPS) is 31.3. The van der Waals surface area contributed by atoms with Crippen LogP contribution >= 0.6 is 15.9 Å². The Morgan fingerprint density at radius 3 is 3.00 bits per heavy atom. The van der Waals surface area contributed by atoms with Crippen molar-refractivity contribution in [2.75, 3.05) is 0 Å². The Kier molecular flexibility index (Phi) is 3.16. The first-order valence-corrected chi connectivity index (χ1v) is 7.54. The van der Waals surface area contributed by atoms with Gasteiger partial charge >= 0.3 is 0 Å². The zero-order valence-corrected chi connectivity index (χ0v) is 11.9. The second kappa shape index (κ2) is 4.64. The third-order valence-electron chi connectivity index (χ3n) is 4.09. The minimum absolute atomic E-state index is 0.412. The number of hydrogen-bond donors (Lipinski definition) is 0. The molecule has 1 aliphatic heterocycles. The molecule has 1 fully saturated rings. The minimum Gasteiger partial charge on any atom is -0.490 e. The molecular weight excluding hydrogens is 276 g/mol. The van der Waals surface area contributed by atoms with Crippen LogP contribution in [0.15, 0.2) is 18.2 Å². The number of aryl methyl sites for hydroxylation is 1. The van der Waals surface area contributed by atoms with E-state index in [0.717, 1.165) is 22.9 Å². The highest BCUT2D eigenvalue weighted by Crippen LogP contribution is 2.38. The number of fused-ring (bicyclic) bond motifs is 1. The van der Waals surface area contributed by atoms with Gasteiger partial charge in [0.05, 0.1) is 0 Å². The third-order valence-corrected chi connectivity index (χ3v) is 5.29. The van der Waals surface area contributed by atoms with Gasteiger partial charge in [0.2, 0.25) is 0 Å². The maximum Gasteiger partial charge on any atom is 0.123 e. The summed E-state index contributed by atoms with van der Waals surface area (Å²) in [6.45, 7) is 2.15. The molecule has 17 heavy (non-hydrogen) atoms. The molecule has 1 nitrogen and oxygen atoms in total. The number of halogens is 1. The Balaban J connectivity index is 1.66. The molecular formula is C15H19BrO. The molecule has 1 aromatic rings. The largest absolute Gasteiger partial charge is 0.490 e. The highest BCUT2D eigenvalue weighted by Gasteiger charge is 2.31. The van der Waals surface area contributed by atoms with Crippen LogP contribution < -0.4 is 4.74 Å². The van der Waals surface area contributed by atoms with Gasteiger partial charge in [0.25, 0.3) is 0 Å². The van der Waals surface area contributed by atoms with Crippen LogP contribution in [0.1, 0.15) is 36.8 Å². The van der Waals surface area contributed by atoms with Crippen LogP contribution in [0, 0.1) is 12.8 Å². The SMILES string of the molecule is Cc1ccc2c(c1)CC(CC1CCCC1Br)O2. The summed E-state index contributed by atoms with van der Waals surface area (Å²) in [5.41, 5.74) is 2.74. The van der Waals surface area contributed by atoms with E-state index in [1.807, 2.05) is 0 Å². The highest BCUT2D eigenvalue weighted by atomic mass is 79.9. The summed E-state index contributed by atoms with van der Waals surface area (Å²) in [6, 6.07) is 6.55. The van der Waals surface area contributed by atoms with Gasteiger partial charge in [0.15, 0.2) is 0 Å². The van der Waals surface area contributed by atoms with E-state index in [0.29, 0.717) is 6.10 Å². The van der Waals surface area contributed by atoms with Gasteiger partial charge in [-0.25, -0.2) is 0 Å². The van der Waals surface area contributed by atoms with E-state index in [9.17, 15) is 0 Å². The molecule has 3 atom stereocenters. The molecule has 1 aliphatic carbocycles. The topological polar surface area (TPSA) is 9.23 Å². The van der Waals surface area contributed by atoms with Crippen LogP contribution in [0.2, 0.25) is 0 Å². The lowest BCUT2D eigenvalue weighted by atomic mass is 9.97. The van der Waals surface area contributed by atoms with Gasteiger partial charge < -0.3 is 4.74 Å². The fourth-order valence-corrected chi connectivity index (χ4v) is 3.98. The van der Waals surface area contributed by atoms with Gasteiger partial charge in [-0.3, -0.25) is 0 Å². The van der Waals surface area contributed by atoms with E-state index in [-0.39, 0.29) is 0 Å². The molecule has 2 aliphatic rings. The van der Waals surface area contributed by atoms with Gasteiger partial charge in [-0.2, -0.15) is 0 Å². The van der Waals surface area contributed by atoms with Crippen LogP contribution in [0.25, 0.3) is 0 Å². The average molecular weight is 295 g/mol. The van der Waals surface area contributed by atoms with Crippen molar-refractivity contribution in [2.24, 2.45) is 5.92 Å². The predicted octanol–water partition coefficient (Wildman–Crippen LogP) is 4.25. The van der Waals surface area contributed by atoms with Crippen LogP contribution in [0.5, 0.6) is 5.75 Å². The van der Waals surface area contributed by atoms with E-state index in [1.54, 1.807) is 0 Å². The number of rotatable bonds is 2. The Hall–Kier alpha value is -0.500. The number of hydrogen-bond acceptors (Lipinski definition) is 1. The Morgan fingerprint density at radius 1 is 1.35 bits per heavy atom. The fourth-order valence-electron chi connectivity index (χ4n) is 3.18. The molecule has 0 saturated heterocycles. The van der Waals surface area contributed by atoms with E-state index < -0.39 is 0 Å². The molecule has 92 valence electrons. The smallest absolute Gasteiger partial charge is 0.123 e. The lowest BCUT2D eigenvalue weighted by molar-refractivity contribution is 0.196. The molecule has 0 amide bonds. The molecule has 2 heteroatoms. The second-order valence-electron chi connectivity index (χ2n) is 5.50. The van der Waals surface area contributed by atoms with Crippen LogP contribution in [-0.4, -0.2) is 10.9 Å². The molecule has 0 spiro atoms. The van der Waals surface area contributed by atoms with E-state index in [4.69, 9.17) is 4.74 Å². The maximum absolute atomic E-state index is 6.05. The lowest BCUT2D eigenvalue weighted by Crippen LogP contribution is -2.20. The summed E-state index contributed by atoms with van der Waals surface area (Å²) >= 11 is 3.80. The first-order chi connectivity index (χ1) is 8.22. The first kappa shape index (κ1) is 11.6. The molecule has 1 aromatic carbocycles. The quantitative estimate of drug-likeness (QED) is 0.741. The van der Waals surface area contributed by atoms with Gasteiger partial charge in [0.1, 0.15) is 11.9 Å². The molecule has 3 unspecified atom stereocenters. The highest BCUT2D eigenvalue weighted by molar-refractivity contribution is 9.09. The van der Waals surface area contributed by atoms with Crippen molar-refractivity contribution in [3.8, 4) is 5.75 Å². The maximum atomic E-state index is 6.05. The van der Waals surface area contributed by atoms with Crippen molar-refractivity contribution in [2.45, 2.75) is 50.0 Å². The van der Waals surface area contributed by atoms with Crippen molar-refractivity contribution in [1.29, 1.82) is 0 Å². The number of ether oxygens (including phenoxy) is 1. The van der Waals surface area contributed by atoms with Gasteiger partial charge in [0, 0.05) is 11.2 Å². The standard InChI is InChI=1S/C15H19BrO/c1-10-5-6-15-12(7-10)9-13(17-15)8-11-3-2-4-14(11)16/h5-7,11,13-14H,2-4,8-9H2,1H3. The molecule has 0 aromatic heterocycles. The molecule has 0 N–H and O–H groups in total. The summed E-state index contributed by atoms with van der Waals surface area (Å²) < 4.78 is 6.05. The van der Waals surface area contributed by atoms with Gasteiger partial charge in [-0.1, -0.05) is 40.0 Å². The molecule has 0 radical (unpaired) electrons. The van der Waals surface area contributed by atoms with E-state index in [2.05, 4.69) is 41.1 Å². The molecule has 3 rings (SSSR count). The zero-order chi connectivity index (χ0) is 11.8. The van der Waals surface area contributed by atoms with Crippen LogP contribution in [0.4, 0.5) is 0 Å². The summed E-state index contributed by atoms with van der Waals surface area (Å²) in [4.78, 5) is 0.719. The van der Waals surface area contributed by atoms with E-state index >= 15 is 0 Å². The zero-order valence-electron chi connectivity index (χ0n) is 10.3. The molecule has 0 bridgehead atoms. The van der Waals surface area contributed by atoms with Crippen LogP contribution in [0.3, 0.4) is 0 Å². The summed E-state index contributed by atoms with van der Waals surface area (Å²) in [6.07, 6.45) is 6.81. The molecule has 1 heterocycles. The third kappa shape index (κ3) is 2.37. The second-order valence-corrected chi connectivity index (χ2v) is 6.67. The fraction of sp³-hybridized carbons (Fsp3) is 0.600. The Labute approximate surface area is 112 Å². The summed E-state index contributed by atoms with van der Waals surface area (Å²) in [5, 5.41) is 0. The van der Waals surface area contributed by atoms with Crippen LogP contribution in [-0.2, 0) is 6.42 Å². The minimum atomic E-state index is 0.412. The van der Waals surface area contributed by atoms with Gasteiger partial charge in [-0.05, 0) is 43.7 Å². The van der Waals surface area contributed by atoms with Gasteiger partial charge in [-0.15, -0.1) is 0 Å². The molecule has 1 saturated carbocycles. The van der Waals surface area contributed by atoms with Crippen molar-refractivity contribution in [1.82, 2.24) is 0 Å². The monoisotopic (exact) mass is 294 g/mol. The summed E-state index contributed by atoms with van der Waals surface area (Å²) in [7, 11) is 0. The predicted molar refractivity (Wildman–Crippen MR) is 74.0 cm³/mol. The number of benzene rings is 1. The van der Waals surface area contributed by atoms with E-state index in [1.165, 1.54) is 36.8 Å². The number of alkyl halides is 1. The van der Waals surface area contributed by atoms with Crippen molar-refractivity contribution in [3.05, 3.63) is 29.3 Å².